The Morgan fingerprint density at radius 1 is 1.33 bits per heavy atom. The topological polar surface area (TPSA) is 64.8 Å². The third-order valence-corrected chi connectivity index (χ3v) is 2.66. The van der Waals surface area contributed by atoms with E-state index in [1.165, 1.54) is 0 Å². The molecule has 1 heterocycles. The molecule has 0 aliphatic carbocycles. The van der Waals surface area contributed by atoms with Gasteiger partial charge in [-0.05, 0) is 19.8 Å². The molecule has 0 radical (unpaired) electrons. The molecule has 2 N–H and O–H groups in total. The van der Waals surface area contributed by atoms with Crippen LogP contribution in [-0.2, 0) is 14.3 Å². The number of carbonyl (C=O) groups excluding carboxylic acids is 1. The van der Waals surface area contributed by atoms with Crippen LogP contribution >= 0.6 is 0 Å². The van der Waals surface area contributed by atoms with Gasteiger partial charge in [0.25, 0.3) is 0 Å². The van der Waals surface area contributed by atoms with E-state index in [1.54, 1.807) is 0 Å². The Morgan fingerprint density at radius 3 is 2.44 bits per heavy atom. The maximum absolute atomic E-state index is 11.3. The van der Waals surface area contributed by atoms with E-state index in [9.17, 15) is 4.79 Å². The largest absolute Gasteiger partial charge is 0.465 e. The summed E-state index contributed by atoms with van der Waals surface area (Å²) in [5, 5.41) is 0. The van der Waals surface area contributed by atoms with E-state index in [0.717, 1.165) is 25.9 Å². The zero-order valence-corrected chi connectivity index (χ0v) is 12.0. The van der Waals surface area contributed by atoms with Crippen molar-refractivity contribution in [2.75, 3.05) is 39.4 Å². The second-order valence-corrected chi connectivity index (χ2v) is 3.94. The Hall–Kier alpha value is -0.650. The smallest absolute Gasteiger partial charge is 0.320 e. The summed E-state index contributed by atoms with van der Waals surface area (Å²) in [5.41, 5.74) is 5.38. The first kappa shape index (κ1) is 17.4. The first-order valence-corrected chi connectivity index (χ1v) is 6.96. The summed E-state index contributed by atoms with van der Waals surface area (Å²) < 4.78 is 10.5. The summed E-state index contributed by atoms with van der Waals surface area (Å²) in [4.78, 5) is 13.4. The number of carbonyl (C=O) groups is 1. The van der Waals surface area contributed by atoms with Gasteiger partial charge in [0, 0.05) is 19.6 Å². The van der Waals surface area contributed by atoms with E-state index >= 15 is 0 Å². The van der Waals surface area contributed by atoms with Crippen molar-refractivity contribution in [2.24, 2.45) is 5.73 Å². The summed E-state index contributed by atoms with van der Waals surface area (Å²) >= 11 is 0. The molecule has 0 aromatic rings. The number of rotatable bonds is 6. The Balaban J connectivity index is 0.00000137. The number of hydrogen-bond donors (Lipinski definition) is 1. The molecule has 0 aromatic carbocycles. The highest BCUT2D eigenvalue weighted by Gasteiger charge is 2.21. The molecule has 108 valence electrons. The summed E-state index contributed by atoms with van der Waals surface area (Å²) in [6.45, 7) is 9.67. The molecule has 1 saturated heterocycles. The molecule has 0 unspecified atom stereocenters. The molecular weight excluding hydrogens is 232 g/mol. The van der Waals surface area contributed by atoms with Crippen LogP contribution < -0.4 is 5.73 Å². The number of likely N-dealkylation sites (tertiary alicyclic amines) is 1. The fourth-order valence-corrected chi connectivity index (χ4v) is 1.86. The molecule has 18 heavy (non-hydrogen) atoms. The van der Waals surface area contributed by atoms with Crippen molar-refractivity contribution >= 4 is 5.97 Å². The van der Waals surface area contributed by atoms with Gasteiger partial charge in [0.15, 0.2) is 0 Å². The van der Waals surface area contributed by atoms with Gasteiger partial charge in [-0.2, -0.15) is 0 Å². The van der Waals surface area contributed by atoms with Crippen molar-refractivity contribution in [3.8, 4) is 0 Å². The predicted molar refractivity (Wildman–Crippen MR) is 72.4 cm³/mol. The predicted octanol–water partition coefficient (Wildman–Crippen LogP) is 1.02. The minimum Gasteiger partial charge on any atom is -0.465 e. The van der Waals surface area contributed by atoms with Crippen LogP contribution in [0.1, 0.15) is 33.6 Å². The van der Waals surface area contributed by atoms with E-state index in [-0.39, 0.29) is 5.97 Å². The second-order valence-electron chi connectivity index (χ2n) is 3.94. The van der Waals surface area contributed by atoms with Crippen molar-refractivity contribution in [1.29, 1.82) is 0 Å². The fourth-order valence-electron chi connectivity index (χ4n) is 1.86. The van der Waals surface area contributed by atoms with Crippen molar-refractivity contribution in [3.05, 3.63) is 0 Å². The lowest BCUT2D eigenvalue weighted by Gasteiger charge is -2.30. The van der Waals surface area contributed by atoms with Gasteiger partial charge < -0.3 is 15.2 Å². The Bertz CT molecular complexity index is 204. The Morgan fingerprint density at radius 2 is 1.94 bits per heavy atom. The van der Waals surface area contributed by atoms with Gasteiger partial charge >= 0.3 is 5.97 Å². The van der Waals surface area contributed by atoms with Crippen molar-refractivity contribution < 1.29 is 14.3 Å². The Kier molecular flexibility index (Phi) is 11.0. The number of nitrogens with zero attached hydrogens (tertiary/aromatic N) is 1. The van der Waals surface area contributed by atoms with Crippen molar-refractivity contribution in [2.45, 2.75) is 39.7 Å². The summed E-state index contributed by atoms with van der Waals surface area (Å²) in [5.74, 6) is -0.135. The van der Waals surface area contributed by atoms with Crippen LogP contribution in [0.5, 0.6) is 0 Å². The van der Waals surface area contributed by atoms with Gasteiger partial charge in [0.1, 0.15) is 0 Å². The lowest BCUT2D eigenvalue weighted by Crippen LogP contribution is -2.40. The maximum atomic E-state index is 11.3. The number of hydrogen-bond acceptors (Lipinski definition) is 5. The van der Waals surface area contributed by atoms with E-state index in [0.29, 0.717) is 32.4 Å². The Labute approximate surface area is 111 Å². The summed E-state index contributed by atoms with van der Waals surface area (Å²) in [7, 11) is 0. The molecule has 0 saturated carbocycles. The lowest BCUT2D eigenvalue weighted by molar-refractivity contribution is -0.145. The first-order valence-electron chi connectivity index (χ1n) is 6.96. The van der Waals surface area contributed by atoms with Crippen LogP contribution in [0.2, 0.25) is 0 Å². The zero-order valence-electron chi connectivity index (χ0n) is 12.0. The van der Waals surface area contributed by atoms with Crippen molar-refractivity contribution in [3.63, 3.8) is 0 Å². The van der Waals surface area contributed by atoms with Gasteiger partial charge in [-0.1, -0.05) is 13.8 Å². The molecule has 5 heteroatoms. The molecular formula is C13H28N2O3. The highest BCUT2D eigenvalue weighted by molar-refractivity contribution is 5.71. The van der Waals surface area contributed by atoms with Gasteiger partial charge in [0.05, 0.1) is 25.9 Å². The third-order valence-electron chi connectivity index (χ3n) is 2.66. The second kappa shape index (κ2) is 11.4. The number of piperidine rings is 1. The highest BCUT2D eigenvalue weighted by atomic mass is 16.5. The van der Waals surface area contributed by atoms with E-state index in [2.05, 4.69) is 4.90 Å². The summed E-state index contributed by atoms with van der Waals surface area (Å²) in [6, 6.07) is 0. The van der Waals surface area contributed by atoms with Crippen LogP contribution in [0.3, 0.4) is 0 Å². The molecule has 0 spiro atoms. The minimum atomic E-state index is -0.135. The molecule has 1 rings (SSSR count). The molecule has 0 atom stereocenters. The lowest BCUT2D eigenvalue weighted by atomic mass is 10.1. The van der Waals surface area contributed by atoms with Gasteiger partial charge in [-0.25, -0.2) is 0 Å². The molecule has 1 aliphatic rings. The van der Waals surface area contributed by atoms with Gasteiger partial charge in [-0.15, -0.1) is 0 Å². The van der Waals surface area contributed by atoms with Crippen LogP contribution in [0, 0.1) is 0 Å². The van der Waals surface area contributed by atoms with Crippen LogP contribution in [0.25, 0.3) is 0 Å². The zero-order chi connectivity index (χ0) is 13.8. The first-order chi connectivity index (χ1) is 8.76. The average Bonchev–Trinajstić information content (AvgIpc) is 2.40. The van der Waals surface area contributed by atoms with Crippen LogP contribution in [0.4, 0.5) is 0 Å². The number of esters is 1. The normalized spacial score (nSPS) is 16.9. The average molecular weight is 260 g/mol. The molecule has 0 bridgehead atoms. The molecule has 0 aromatic heterocycles. The molecule has 5 nitrogen and oxygen atoms in total. The van der Waals surface area contributed by atoms with Crippen LogP contribution in [-0.4, -0.2) is 56.4 Å². The molecule has 1 fully saturated rings. The highest BCUT2D eigenvalue weighted by Crippen LogP contribution is 2.13. The van der Waals surface area contributed by atoms with Gasteiger partial charge in [0.2, 0.25) is 0 Å². The molecule has 0 amide bonds. The quantitative estimate of drug-likeness (QED) is 0.722. The van der Waals surface area contributed by atoms with E-state index in [1.807, 2.05) is 20.8 Å². The van der Waals surface area contributed by atoms with Crippen LogP contribution in [0.15, 0.2) is 0 Å². The SMILES string of the molecule is CC.CCOC(=O)CN1CCC(OCCN)CC1. The molecule has 1 aliphatic heterocycles. The maximum Gasteiger partial charge on any atom is 0.320 e. The fraction of sp³-hybridized carbons (Fsp3) is 0.923. The van der Waals surface area contributed by atoms with E-state index < -0.39 is 0 Å². The monoisotopic (exact) mass is 260 g/mol. The minimum absolute atomic E-state index is 0.135. The number of nitrogens with two attached hydrogens (primary N) is 1. The van der Waals surface area contributed by atoms with Crippen molar-refractivity contribution in [1.82, 2.24) is 4.90 Å². The van der Waals surface area contributed by atoms with Gasteiger partial charge in [-0.3, -0.25) is 9.69 Å². The summed E-state index contributed by atoms with van der Waals surface area (Å²) in [6.07, 6.45) is 2.25. The number of ether oxygens (including phenoxy) is 2. The van der Waals surface area contributed by atoms with E-state index in [4.69, 9.17) is 15.2 Å². The third kappa shape index (κ3) is 7.63. The standard InChI is InChI=1S/C11H22N2O3.C2H6/c1-2-15-11(14)9-13-6-3-10(4-7-13)16-8-5-12;1-2/h10H,2-9,12H2,1H3;1-2H3.